The molecule has 2 atom stereocenters. The average Bonchev–Trinajstić information content (AvgIpc) is 2.36. The number of sulfonamides is 1. The number of likely N-dealkylation sites (tertiary alicyclic amines) is 1. The van der Waals surface area contributed by atoms with E-state index >= 15 is 0 Å². The second-order valence-corrected chi connectivity index (χ2v) is 6.93. The van der Waals surface area contributed by atoms with Gasteiger partial charge in [-0.05, 0) is 38.8 Å². The van der Waals surface area contributed by atoms with E-state index in [1.807, 2.05) is 0 Å². The van der Waals surface area contributed by atoms with Crippen LogP contribution in [0.5, 0.6) is 0 Å². The van der Waals surface area contributed by atoms with Gasteiger partial charge in [-0.2, -0.15) is 0 Å². The second kappa shape index (κ2) is 7.43. The van der Waals surface area contributed by atoms with Crippen molar-refractivity contribution in [1.29, 1.82) is 0 Å². The second-order valence-electron chi connectivity index (χ2n) is 5.08. The van der Waals surface area contributed by atoms with Crippen LogP contribution in [0.15, 0.2) is 0 Å². The van der Waals surface area contributed by atoms with Crippen LogP contribution >= 0.6 is 0 Å². The third kappa shape index (κ3) is 5.65. The van der Waals surface area contributed by atoms with Crippen LogP contribution in [0.25, 0.3) is 0 Å². The first-order valence-corrected chi connectivity index (χ1v) is 8.34. The van der Waals surface area contributed by atoms with Crippen LogP contribution < -0.4 is 4.72 Å². The molecule has 108 valence electrons. The maximum atomic E-state index is 11.8. The molecule has 0 bridgehead atoms. The number of nitrogens with zero attached hydrogens (tertiary/aromatic N) is 1. The van der Waals surface area contributed by atoms with Crippen molar-refractivity contribution in [3.8, 4) is 0 Å². The molecule has 1 fully saturated rings. The number of methoxy groups -OCH3 is 1. The smallest absolute Gasteiger partial charge is 0.214 e. The number of ether oxygens (including phenoxy) is 1. The molecule has 6 heteroatoms. The van der Waals surface area contributed by atoms with Gasteiger partial charge in [0.05, 0.1) is 11.9 Å². The van der Waals surface area contributed by atoms with Crippen molar-refractivity contribution < 1.29 is 13.2 Å². The molecule has 0 amide bonds. The van der Waals surface area contributed by atoms with Crippen molar-refractivity contribution in [2.75, 3.05) is 39.0 Å². The summed E-state index contributed by atoms with van der Waals surface area (Å²) in [5.41, 5.74) is 0. The topological polar surface area (TPSA) is 58.6 Å². The number of nitrogens with one attached hydrogen (secondary N) is 1. The Labute approximate surface area is 111 Å². The summed E-state index contributed by atoms with van der Waals surface area (Å²) in [7, 11) is -1.68. The van der Waals surface area contributed by atoms with Gasteiger partial charge in [0.2, 0.25) is 10.0 Å². The summed E-state index contributed by atoms with van der Waals surface area (Å²) in [6.45, 7) is 7.64. The lowest BCUT2D eigenvalue weighted by atomic mass is 9.98. The molecule has 0 aliphatic carbocycles. The zero-order valence-corrected chi connectivity index (χ0v) is 12.5. The van der Waals surface area contributed by atoms with E-state index in [9.17, 15) is 8.42 Å². The third-order valence-corrected chi connectivity index (χ3v) is 5.01. The van der Waals surface area contributed by atoms with Crippen molar-refractivity contribution in [2.24, 2.45) is 5.92 Å². The molecule has 5 nitrogen and oxygen atoms in total. The van der Waals surface area contributed by atoms with E-state index in [-0.39, 0.29) is 11.9 Å². The van der Waals surface area contributed by atoms with Crippen LogP contribution in [0.1, 0.15) is 26.7 Å². The molecule has 1 heterocycles. The first-order chi connectivity index (χ1) is 8.46. The molecule has 0 aromatic rings. The van der Waals surface area contributed by atoms with Crippen LogP contribution in [0.3, 0.4) is 0 Å². The minimum Gasteiger partial charge on any atom is -0.381 e. The van der Waals surface area contributed by atoms with Gasteiger partial charge in [-0.3, -0.25) is 0 Å². The highest BCUT2D eigenvalue weighted by molar-refractivity contribution is 7.89. The Hall–Kier alpha value is -0.170. The Kier molecular flexibility index (Phi) is 6.55. The Morgan fingerprint density at radius 3 is 2.83 bits per heavy atom. The molecule has 0 aromatic carbocycles. The van der Waals surface area contributed by atoms with Gasteiger partial charge in [-0.25, -0.2) is 13.1 Å². The zero-order valence-electron chi connectivity index (χ0n) is 11.7. The monoisotopic (exact) mass is 278 g/mol. The van der Waals surface area contributed by atoms with Gasteiger partial charge in [0.15, 0.2) is 0 Å². The maximum Gasteiger partial charge on any atom is 0.214 e. The van der Waals surface area contributed by atoms with Crippen molar-refractivity contribution in [3.63, 3.8) is 0 Å². The lowest BCUT2D eigenvalue weighted by Gasteiger charge is -2.31. The predicted molar refractivity (Wildman–Crippen MR) is 73.1 cm³/mol. The molecule has 0 spiro atoms. The molecule has 1 rings (SSSR count). The molecule has 0 unspecified atom stereocenters. The Bertz CT molecular complexity index is 332. The molecular weight excluding hydrogens is 252 g/mol. The van der Waals surface area contributed by atoms with Gasteiger partial charge in [0, 0.05) is 20.2 Å². The molecular formula is C12H26N2O3S. The van der Waals surface area contributed by atoms with Gasteiger partial charge in [-0.15, -0.1) is 0 Å². The third-order valence-electron chi connectivity index (χ3n) is 3.50. The normalized spacial score (nSPS) is 24.1. The number of piperidine rings is 1. The van der Waals surface area contributed by atoms with Gasteiger partial charge < -0.3 is 9.64 Å². The molecule has 1 N–H and O–H groups in total. The van der Waals surface area contributed by atoms with E-state index in [1.165, 1.54) is 7.11 Å². The zero-order chi connectivity index (χ0) is 13.6. The fraction of sp³-hybridized carbons (Fsp3) is 1.00. The van der Waals surface area contributed by atoms with E-state index in [0.717, 1.165) is 32.5 Å². The molecule has 1 saturated heterocycles. The highest BCUT2D eigenvalue weighted by Crippen LogP contribution is 2.15. The molecule has 1 aliphatic rings. The van der Waals surface area contributed by atoms with Gasteiger partial charge >= 0.3 is 0 Å². The first kappa shape index (κ1) is 15.9. The SMILES string of the molecule is CCN1CCC[C@@H](CNS(=O)(=O)C[C@H](C)OC)C1. The average molecular weight is 278 g/mol. The van der Waals surface area contributed by atoms with Crippen LogP contribution in [0.2, 0.25) is 0 Å². The van der Waals surface area contributed by atoms with Crippen molar-refractivity contribution in [2.45, 2.75) is 32.8 Å². The fourth-order valence-electron chi connectivity index (χ4n) is 2.29. The summed E-state index contributed by atoms with van der Waals surface area (Å²) in [5, 5.41) is 0. The van der Waals surface area contributed by atoms with E-state index in [4.69, 9.17) is 4.74 Å². The number of hydrogen-bond acceptors (Lipinski definition) is 4. The van der Waals surface area contributed by atoms with Crippen LogP contribution in [0, 0.1) is 5.92 Å². The summed E-state index contributed by atoms with van der Waals surface area (Å²) in [6.07, 6.45) is 2.01. The molecule has 18 heavy (non-hydrogen) atoms. The lowest BCUT2D eigenvalue weighted by Crippen LogP contribution is -2.42. The van der Waals surface area contributed by atoms with Crippen LogP contribution in [-0.4, -0.2) is 58.5 Å². The van der Waals surface area contributed by atoms with E-state index in [2.05, 4.69) is 16.5 Å². The Morgan fingerprint density at radius 1 is 1.50 bits per heavy atom. The van der Waals surface area contributed by atoms with E-state index < -0.39 is 10.0 Å². The maximum absolute atomic E-state index is 11.8. The molecule has 0 saturated carbocycles. The Morgan fingerprint density at radius 2 is 2.22 bits per heavy atom. The molecule has 0 radical (unpaired) electrons. The quantitative estimate of drug-likeness (QED) is 0.744. The summed E-state index contributed by atoms with van der Waals surface area (Å²) in [5.74, 6) is 0.472. The van der Waals surface area contributed by atoms with E-state index in [1.54, 1.807) is 6.92 Å². The molecule has 1 aliphatic heterocycles. The minimum atomic E-state index is -3.21. The van der Waals surface area contributed by atoms with Crippen LogP contribution in [0.4, 0.5) is 0 Å². The summed E-state index contributed by atoms with van der Waals surface area (Å²) in [6, 6.07) is 0. The van der Waals surface area contributed by atoms with Gasteiger partial charge in [0.1, 0.15) is 0 Å². The summed E-state index contributed by atoms with van der Waals surface area (Å²) >= 11 is 0. The van der Waals surface area contributed by atoms with Crippen molar-refractivity contribution >= 4 is 10.0 Å². The van der Waals surface area contributed by atoms with Crippen molar-refractivity contribution in [1.82, 2.24) is 9.62 Å². The van der Waals surface area contributed by atoms with E-state index in [0.29, 0.717) is 12.5 Å². The largest absolute Gasteiger partial charge is 0.381 e. The number of rotatable bonds is 7. The van der Waals surface area contributed by atoms with Crippen molar-refractivity contribution in [3.05, 3.63) is 0 Å². The minimum absolute atomic E-state index is 0.0354. The lowest BCUT2D eigenvalue weighted by molar-refractivity contribution is 0.136. The van der Waals surface area contributed by atoms with Crippen LogP contribution in [-0.2, 0) is 14.8 Å². The van der Waals surface area contributed by atoms with Gasteiger partial charge in [-0.1, -0.05) is 6.92 Å². The predicted octanol–water partition coefficient (Wildman–Crippen LogP) is 0.673. The standard InChI is InChI=1S/C12H26N2O3S/c1-4-14-7-5-6-12(9-14)8-13-18(15,16)10-11(2)17-3/h11-13H,4-10H2,1-3H3/t11-,12-/m0/s1. The summed E-state index contributed by atoms with van der Waals surface area (Å²) in [4.78, 5) is 2.38. The number of hydrogen-bond donors (Lipinski definition) is 1. The highest BCUT2D eigenvalue weighted by Gasteiger charge is 2.21. The summed E-state index contributed by atoms with van der Waals surface area (Å²) < 4.78 is 31.3. The van der Waals surface area contributed by atoms with Gasteiger partial charge in [0.25, 0.3) is 0 Å². The molecule has 0 aromatic heterocycles. The fourth-order valence-corrected chi connectivity index (χ4v) is 3.65. The Balaban J connectivity index is 2.35. The first-order valence-electron chi connectivity index (χ1n) is 6.69. The highest BCUT2D eigenvalue weighted by atomic mass is 32.2.